The van der Waals surface area contributed by atoms with E-state index in [2.05, 4.69) is 29.5 Å². The number of carbonyl (C=O) groups excluding carboxylic acids is 1. The van der Waals surface area contributed by atoms with Crippen molar-refractivity contribution in [2.45, 2.75) is 66.5 Å². The van der Waals surface area contributed by atoms with Gasteiger partial charge in [-0.2, -0.15) is 0 Å². The number of nitrogens with one attached hydrogen (secondary N) is 2. The number of rotatable bonds is 7. The zero-order valence-electron chi connectivity index (χ0n) is 16.6. The third-order valence-electron chi connectivity index (χ3n) is 3.16. The van der Waals surface area contributed by atoms with Gasteiger partial charge in [0.05, 0.1) is 0 Å². The van der Waals surface area contributed by atoms with E-state index in [-0.39, 0.29) is 36.1 Å². The van der Waals surface area contributed by atoms with Crippen molar-refractivity contribution in [3.63, 3.8) is 0 Å². The van der Waals surface area contributed by atoms with Gasteiger partial charge in [0.1, 0.15) is 5.60 Å². The first kappa shape index (κ1) is 25.5. The summed E-state index contributed by atoms with van der Waals surface area (Å²) in [6.45, 7) is 16.3. The first-order valence-electron chi connectivity index (χ1n) is 8.54. The summed E-state index contributed by atoms with van der Waals surface area (Å²) in [4.78, 5) is 18.2. The second-order valence-corrected chi connectivity index (χ2v) is 7.27. The van der Waals surface area contributed by atoms with Crippen molar-refractivity contribution < 1.29 is 9.53 Å². The van der Waals surface area contributed by atoms with Gasteiger partial charge in [-0.25, -0.2) is 4.79 Å². The fraction of sp³-hybridized carbons (Fsp3) is 0.882. The summed E-state index contributed by atoms with van der Waals surface area (Å²) in [5.74, 6) is 1.36. The van der Waals surface area contributed by atoms with Gasteiger partial charge < -0.3 is 20.3 Å². The lowest BCUT2D eigenvalue weighted by Crippen LogP contribution is -2.43. The third-order valence-corrected chi connectivity index (χ3v) is 3.16. The molecule has 0 saturated heterocycles. The lowest BCUT2D eigenvalue weighted by atomic mass is 10.2. The minimum atomic E-state index is -0.467. The van der Waals surface area contributed by atoms with Crippen molar-refractivity contribution in [3.05, 3.63) is 0 Å². The van der Waals surface area contributed by atoms with E-state index in [4.69, 9.17) is 4.74 Å². The van der Waals surface area contributed by atoms with Crippen LogP contribution in [0.15, 0.2) is 4.99 Å². The number of nitrogens with zero attached hydrogens (tertiary/aromatic N) is 2. The van der Waals surface area contributed by atoms with Crippen molar-refractivity contribution in [1.82, 2.24) is 15.5 Å². The van der Waals surface area contributed by atoms with E-state index in [0.29, 0.717) is 5.92 Å². The van der Waals surface area contributed by atoms with Crippen LogP contribution >= 0.6 is 24.0 Å². The van der Waals surface area contributed by atoms with Gasteiger partial charge in [-0.15, -0.1) is 24.0 Å². The standard InChI is InChI=1S/C17H36N4O2.HI/c1-9-18-15(20-12-13(2)3)19-11-10-14(4)21(8)16(22)23-17(5,6)7;/h13-14H,9-12H2,1-8H3,(H2,18,19,20);1H. The lowest BCUT2D eigenvalue weighted by Gasteiger charge is -2.29. The zero-order chi connectivity index (χ0) is 18.0. The quantitative estimate of drug-likeness (QED) is 0.350. The molecule has 0 aliphatic rings. The molecule has 1 amide bonds. The molecular formula is C17H37IN4O2. The van der Waals surface area contributed by atoms with Gasteiger partial charge in [-0.1, -0.05) is 13.8 Å². The summed E-state index contributed by atoms with van der Waals surface area (Å²) in [7, 11) is 1.77. The maximum absolute atomic E-state index is 12.0. The molecule has 0 rings (SSSR count). The average molecular weight is 456 g/mol. The highest BCUT2D eigenvalue weighted by molar-refractivity contribution is 14.0. The van der Waals surface area contributed by atoms with Crippen LogP contribution in [0.2, 0.25) is 0 Å². The molecule has 1 unspecified atom stereocenters. The van der Waals surface area contributed by atoms with Crippen molar-refractivity contribution in [3.8, 4) is 0 Å². The van der Waals surface area contributed by atoms with Crippen LogP contribution in [0.4, 0.5) is 4.79 Å². The van der Waals surface area contributed by atoms with Crippen molar-refractivity contribution in [1.29, 1.82) is 0 Å². The third kappa shape index (κ3) is 12.7. The predicted octanol–water partition coefficient (Wildman–Crippen LogP) is 3.46. The molecule has 144 valence electrons. The van der Waals surface area contributed by atoms with E-state index in [1.807, 2.05) is 34.6 Å². The van der Waals surface area contributed by atoms with E-state index in [0.717, 1.165) is 32.0 Å². The zero-order valence-corrected chi connectivity index (χ0v) is 18.9. The molecule has 0 aromatic carbocycles. The summed E-state index contributed by atoms with van der Waals surface area (Å²) >= 11 is 0. The maximum Gasteiger partial charge on any atom is 0.410 e. The molecule has 1 atom stereocenters. The maximum atomic E-state index is 12.0. The Morgan fingerprint density at radius 1 is 1.21 bits per heavy atom. The minimum absolute atomic E-state index is 0. The number of aliphatic imine (C=N–C) groups is 1. The fourth-order valence-corrected chi connectivity index (χ4v) is 1.72. The van der Waals surface area contributed by atoms with Crippen molar-refractivity contribution >= 4 is 36.0 Å². The number of guanidine groups is 1. The Morgan fingerprint density at radius 2 is 1.79 bits per heavy atom. The fourth-order valence-electron chi connectivity index (χ4n) is 1.72. The average Bonchev–Trinajstić information content (AvgIpc) is 2.41. The second-order valence-electron chi connectivity index (χ2n) is 7.27. The summed E-state index contributed by atoms with van der Waals surface area (Å²) in [6, 6.07) is 0.0883. The van der Waals surface area contributed by atoms with Gasteiger partial charge in [0.15, 0.2) is 5.96 Å². The number of carbonyl (C=O) groups is 1. The molecule has 24 heavy (non-hydrogen) atoms. The Morgan fingerprint density at radius 3 is 2.25 bits per heavy atom. The smallest absolute Gasteiger partial charge is 0.410 e. The minimum Gasteiger partial charge on any atom is -0.444 e. The first-order chi connectivity index (χ1) is 10.6. The van der Waals surface area contributed by atoms with Crippen LogP contribution in [0.5, 0.6) is 0 Å². The Balaban J connectivity index is 0. The van der Waals surface area contributed by atoms with Crippen molar-refractivity contribution in [2.24, 2.45) is 10.9 Å². The Kier molecular flexibility index (Phi) is 13.4. The topological polar surface area (TPSA) is 66.0 Å². The Labute approximate surface area is 165 Å². The lowest BCUT2D eigenvalue weighted by molar-refractivity contribution is 0.0230. The van der Waals surface area contributed by atoms with E-state index in [1.165, 1.54) is 0 Å². The highest BCUT2D eigenvalue weighted by Crippen LogP contribution is 2.11. The molecule has 0 aromatic heterocycles. The van der Waals surface area contributed by atoms with E-state index in [1.54, 1.807) is 11.9 Å². The normalized spacial score (nSPS) is 13.1. The molecule has 7 heteroatoms. The first-order valence-corrected chi connectivity index (χ1v) is 8.54. The molecule has 6 nitrogen and oxygen atoms in total. The van der Waals surface area contributed by atoms with Crippen LogP contribution in [-0.4, -0.2) is 55.3 Å². The predicted molar refractivity (Wildman–Crippen MR) is 112 cm³/mol. The van der Waals surface area contributed by atoms with E-state index in [9.17, 15) is 4.79 Å². The molecular weight excluding hydrogens is 419 g/mol. The van der Waals surface area contributed by atoms with E-state index < -0.39 is 5.60 Å². The van der Waals surface area contributed by atoms with Gasteiger partial charge in [0.25, 0.3) is 0 Å². The van der Waals surface area contributed by atoms with Crippen LogP contribution in [0.1, 0.15) is 54.9 Å². The summed E-state index contributed by atoms with van der Waals surface area (Å²) in [5.41, 5.74) is -0.467. The number of hydrogen-bond donors (Lipinski definition) is 2. The van der Waals surface area contributed by atoms with Crippen LogP contribution in [0, 0.1) is 5.92 Å². The molecule has 0 bridgehead atoms. The largest absolute Gasteiger partial charge is 0.444 e. The van der Waals surface area contributed by atoms with Crippen molar-refractivity contribution in [2.75, 3.05) is 26.7 Å². The molecule has 2 N–H and O–H groups in total. The van der Waals surface area contributed by atoms with Crippen LogP contribution < -0.4 is 10.6 Å². The van der Waals surface area contributed by atoms with Crippen LogP contribution in [0.3, 0.4) is 0 Å². The number of hydrogen-bond acceptors (Lipinski definition) is 3. The monoisotopic (exact) mass is 456 g/mol. The summed E-state index contributed by atoms with van der Waals surface area (Å²) in [5, 5.41) is 6.54. The number of amides is 1. The Bertz CT molecular complexity index is 381. The molecule has 0 radical (unpaired) electrons. The van der Waals surface area contributed by atoms with Crippen LogP contribution in [-0.2, 0) is 4.74 Å². The SMILES string of the molecule is CCNC(=NCC(C)C)NCCC(C)N(C)C(=O)OC(C)(C)C.I. The molecule has 0 spiro atoms. The van der Waals surface area contributed by atoms with Gasteiger partial charge >= 0.3 is 6.09 Å². The van der Waals surface area contributed by atoms with E-state index >= 15 is 0 Å². The van der Waals surface area contributed by atoms with Gasteiger partial charge in [-0.05, 0) is 47.0 Å². The van der Waals surface area contributed by atoms with Crippen LogP contribution in [0.25, 0.3) is 0 Å². The summed E-state index contributed by atoms with van der Waals surface area (Å²) < 4.78 is 5.38. The van der Waals surface area contributed by atoms with Gasteiger partial charge in [0.2, 0.25) is 0 Å². The molecule has 0 aliphatic heterocycles. The summed E-state index contributed by atoms with van der Waals surface area (Å²) in [6.07, 6.45) is 0.535. The Hall–Kier alpha value is -0.730. The number of halogens is 1. The highest BCUT2D eigenvalue weighted by atomic mass is 127. The molecule has 0 aromatic rings. The molecule has 0 aliphatic carbocycles. The van der Waals surface area contributed by atoms with Gasteiger partial charge in [0, 0.05) is 32.7 Å². The highest BCUT2D eigenvalue weighted by Gasteiger charge is 2.22. The molecule has 0 fully saturated rings. The second kappa shape index (κ2) is 12.6. The number of ether oxygens (including phenoxy) is 1. The molecule has 0 heterocycles. The van der Waals surface area contributed by atoms with Gasteiger partial charge in [-0.3, -0.25) is 4.99 Å². The molecule has 0 saturated carbocycles.